The maximum atomic E-state index is 9.73. The van der Waals surface area contributed by atoms with Gasteiger partial charge in [-0.25, -0.2) is 4.98 Å². The van der Waals surface area contributed by atoms with Crippen LogP contribution in [0.25, 0.3) is 10.9 Å². The highest BCUT2D eigenvalue weighted by molar-refractivity contribution is 5.87. The molecule has 1 fully saturated rings. The quantitative estimate of drug-likeness (QED) is 0.719. The zero-order valence-electron chi connectivity index (χ0n) is 15.8. The number of piperazine rings is 1. The number of pyridine rings is 2. The van der Waals surface area contributed by atoms with E-state index in [9.17, 15) is 5.26 Å². The molecule has 3 heterocycles. The number of rotatable bonds is 3. The third kappa shape index (κ3) is 3.36. The Morgan fingerprint density at radius 3 is 2.56 bits per heavy atom. The fourth-order valence-electron chi connectivity index (χ4n) is 3.74. The monoisotopic (exact) mass is 357 g/mol. The highest BCUT2D eigenvalue weighted by atomic mass is 15.3. The minimum absolute atomic E-state index is 0.697. The van der Waals surface area contributed by atoms with Crippen LogP contribution in [0, 0.1) is 25.2 Å². The van der Waals surface area contributed by atoms with Crippen LogP contribution in [-0.2, 0) is 6.54 Å². The molecule has 0 radical (unpaired) electrons. The summed E-state index contributed by atoms with van der Waals surface area (Å²) in [7, 11) is 0. The van der Waals surface area contributed by atoms with E-state index >= 15 is 0 Å². The summed E-state index contributed by atoms with van der Waals surface area (Å²) in [5.41, 5.74) is 5.05. The summed E-state index contributed by atoms with van der Waals surface area (Å²) in [6, 6.07) is 14.5. The van der Waals surface area contributed by atoms with E-state index in [2.05, 4.69) is 33.8 Å². The molecule has 5 nitrogen and oxygen atoms in total. The first-order valence-corrected chi connectivity index (χ1v) is 9.34. The molecule has 0 unspecified atom stereocenters. The third-order valence-corrected chi connectivity index (χ3v) is 5.41. The predicted molar refractivity (Wildman–Crippen MR) is 108 cm³/mol. The van der Waals surface area contributed by atoms with Gasteiger partial charge in [0.05, 0.1) is 16.8 Å². The summed E-state index contributed by atoms with van der Waals surface area (Å²) >= 11 is 0. The molecule has 0 aliphatic carbocycles. The Labute approximate surface area is 159 Å². The van der Waals surface area contributed by atoms with Crippen LogP contribution in [-0.4, -0.2) is 41.0 Å². The van der Waals surface area contributed by atoms with E-state index in [1.807, 2.05) is 43.5 Å². The third-order valence-electron chi connectivity index (χ3n) is 5.41. The standard InChI is InChI=1S/C22H23N5/c1-16-6-5-9-24-21(16)15-26-10-12-27(13-11-26)22-19(14-23)17(2)18-7-3-4-8-20(18)25-22/h3-9H,10-13,15H2,1-2H3. The molecule has 1 aliphatic heterocycles. The maximum Gasteiger partial charge on any atom is 0.147 e. The summed E-state index contributed by atoms with van der Waals surface area (Å²) in [5.74, 6) is 0.822. The van der Waals surface area contributed by atoms with Crippen LogP contribution >= 0.6 is 0 Å². The molecule has 0 spiro atoms. The van der Waals surface area contributed by atoms with Gasteiger partial charge in [-0.15, -0.1) is 0 Å². The van der Waals surface area contributed by atoms with Crippen molar-refractivity contribution in [1.29, 1.82) is 5.26 Å². The van der Waals surface area contributed by atoms with Crippen molar-refractivity contribution in [2.75, 3.05) is 31.1 Å². The van der Waals surface area contributed by atoms with Crippen LogP contribution < -0.4 is 4.90 Å². The Hall–Kier alpha value is -2.97. The van der Waals surface area contributed by atoms with Crippen molar-refractivity contribution in [3.05, 3.63) is 65.0 Å². The summed E-state index contributed by atoms with van der Waals surface area (Å²) < 4.78 is 0. The summed E-state index contributed by atoms with van der Waals surface area (Å²) in [4.78, 5) is 14.0. The minimum atomic E-state index is 0.697. The van der Waals surface area contributed by atoms with Crippen LogP contribution in [0.3, 0.4) is 0 Å². The molecule has 0 atom stereocenters. The molecule has 1 saturated heterocycles. The van der Waals surface area contributed by atoms with Crippen molar-refractivity contribution in [2.45, 2.75) is 20.4 Å². The van der Waals surface area contributed by atoms with Gasteiger partial charge in [-0.2, -0.15) is 5.26 Å². The van der Waals surface area contributed by atoms with E-state index < -0.39 is 0 Å². The average Bonchev–Trinajstić information content (AvgIpc) is 2.70. The highest BCUT2D eigenvalue weighted by Gasteiger charge is 2.23. The van der Waals surface area contributed by atoms with Gasteiger partial charge < -0.3 is 4.90 Å². The van der Waals surface area contributed by atoms with Crippen LogP contribution in [0.5, 0.6) is 0 Å². The number of nitrogens with zero attached hydrogens (tertiary/aromatic N) is 5. The molecule has 0 amide bonds. The lowest BCUT2D eigenvalue weighted by Gasteiger charge is -2.36. The van der Waals surface area contributed by atoms with Crippen molar-refractivity contribution < 1.29 is 0 Å². The van der Waals surface area contributed by atoms with Crippen LogP contribution in [0.1, 0.15) is 22.4 Å². The van der Waals surface area contributed by atoms with Gasteiger partial charge in [-0.1, -0.05) is 24.3 Å². The largest absolute Gasteiger partial charge is 0.353 e. The number of benzene rings is 1. The van der Waals surface area contributed by atoms with Gasteiger partial charge in [-0.3, -0.25) is 9.88 Å². The van der Waals surface area contributed by atoms with Crippen molar-refractivity contribution in [1.82, 2.24) is 14.9 Å². The number of hydrogen-bond donors (Lipinski definition) is 0. The second-order valence-electron chi connectivity index (χ2n) is 7.09. The summed E-state index contributed by atoms with van der Waals surface area (Å²) in [6.07, 6.45) is 1.86. The van der Waals surface area contributed by atoms with Crippen molar-refractivity contribution >= 4 is 16.7 Å². The first kappa shape index (κ1) is 17.4. The SMILES string of the molecule is Cc1cccnc1CN1CCN(c2nc3ccccc3c(C)c2C#N)CC1. The number of para-hydroxylation sites is 1. The van der Waals surface area contributed by atoms with E-state index in [0.717, 1.165) is 60.7 Å². The van der Waals surface area contributed by atoms with Crippen LogP contribution in [0.4, 0.5) is 5.82 Å². The number of nitriles is 1. The molecule has 2 aromatic heterocycles. The fourth-order valence-corrected chi connectivity index (χ4v) is 3.74. The number of anilines is 1. The highest BCUT2D eigenvalue weighted by Crippen LogP contribution is 2.28. The molecule has 0 saturated carbocycles. The molecule has 5 heteroatoms. The predicted octanol–water partition coefficient (Wildman–Crippen LogP) is 3.44. The smallest absolute Gasteiger partial charge is 0.147 e. The number of aromatic nitrogens is 2. The molecule has 0 bridgehead atoms. The lowest BCUT2D eigenvalue weighted by molar-refractivity contribution is 0.246. The molecule has 4 rings (SSSR count). The van der Waals surface area contributed by atoms with Gasteiger partial charge >= 0.3 is 0 Å². The number of hydrogen-bond acceptors (Lipinski definition) is 5. The molecule has 27 heavy (non-hydrogen) atoms. The number of fused-ring (bicyclic) bond motifs is 1. The first-order chi connectivity index (χ1) is 13.2. The second-order valence-corrected chi connectivity index (χ2v) is 7.09. The zero-order valence-corrected chi connectivity index (χ0v) is 15.8. The molecule has 136 valence electrons. The zero-order chi connectivity index (χ0) is 18.8. The number of aryl methyl sites for hydroxylation is 2. The van der Waals surface area contributed by atoms with Crippen molar-refractivity contribution in [3.8, 4) is 6.07 Å². The maximum absolute atomic E-state index is 9.73. The van der Waals surface area contributed by atoms with Gasteiger partial charge in [0.2, 0.25) is 0 Å². The lowest BCUT2D eigenvalue weighted by Crippen LogP contribution is -2.46. The van der Waals surface area contributed by atoms with Gasteiger partial charge in [0.1, 0.15) is 11.9 Å². The van der Waals surface area contributed by atoms with E-state index in [-0.39, 0.29) is 0 Å². The molecule has 3 aromatic rings. The van der Waals surface area contributed by atoms with Crippen molar-refractivity contribution in [3.63, 3.8) is 0 Å². The second kappa shape index (κ2) is 7.34. The Kier molecular flexibility index (Phi) is 4.74. The first-order valence-electron chi connectivity index (χ1n) is 9.34. The van der Waals surface area contributed by atoms with Crippen LogP contribution in [0.15, 0.2) is 42.6 Å². The molecule has 1 aliphatic rings. The topological polar surface area (TPSA) is 56.1 Å². The summed E-state index contributed by atoms with van der Waals surface area (Å²) in [6.45, 7) is 8.61. The van der Waals surface area contributed by atoms with Gasteiger partial charge in [0, 0.05) is 44.3 Å². The Morgan fingerprint density at radius 2 is 1.81 bits per heavy atom. The molecule has 1 aromatic carbocycles. The average molecular weight is 357 g/mol. The Morgan fingerprint density at radius 1 is 1.04 bits per heavy atom. The normalized spacial score (nSPS) is 15.1. The van der Waals surface area contributed by atoms with E-state index in [4.69, 9.17) is 4.98 Å². The van der Waals surface area contributed by atoms with Gasteiger partial charge in [0.15, 0.2) is 0 Å². The molecule has 0 N–H and O–H groups in total. The Balaban J connectivity index is 1.55. The van der Waals surface area contributed by atoms with Gasteiger partial charge in [-0.05, 0) is 37.1 Å². The van der Waals surface area contributed by atoms with Crippen LogP contribution in [0.2, 0.25) is 0 Å². The molecular formula is C22H23N5. The lowest BCUT2D eigenvalue weighted by atomic mass is 10.0. The van der Waals surface area contributed by atoms with E-state index in [0.29, 0.717) is 5.56 Å². The van der Waals surface area contributed by atoms with Crippen molar-refractivity contribution in [2.24, 2.45) is 0 Å². The Bertz CT molecular complexity index is 1010. The minimum Gasteiger partial charge on any atom is -0.353 e. The van der Waals surface area contributed by atoms with Gasteiger partial charge in [0.25, 0.3) is 0 Å². The summed E-state index contributed by atoms with van der Waals surface area (Å²) in [5, 5.41) is 10.8. The fraction of sp³-hybridized carbons (Fsp3) is 0.318. The molecular weight excluding hydrogens is 334 g/mol. The van der Waals surface area contributed by atoms with E-state index in [1.54, 1.807) is 0 Å². The van der Waals surface area contributed by atoms with E-state index in [1.165, 1.54) is 5.56 Å².